The highest BCUT2D eigenvalue weighted by molar-refractivity contribution is 7.15. The van der Waals surface area contributed by atoms with Gasteiger partial charge >= 0.3 is 0 Å². The van der Waals surface area contributed by atoms with Gasteiger partial charge in [0, 0.05) is 23.8 Å². The lowest BCUT2D eigenvalue weighted by atomic mass is 9.92. The molecule has 2 heterocycles. The second kappa shape index (κ2) is 3.86. The molecule has 3 atom stereocenters. The van der Waals surface area contributed by atoms with Gasteiger partial charge in [0.15, 0.2) is 4.96 Å². The zero-order valence-electron chi connectivity index (χ0n) is 9.47. The van der Waals surface area contributed by atoms with Crippen LogP contribution in [0.3, 0.4) is 0 Å². The van der Waals surface area contributed by atoms with Crippen LogP contribution >= 0.6 is 11.3 Å². The monoisotopic (exact) mass is 235 g/mol. The number of imidazole rings is 1. The van der Waals surface area contributed by atoms with Crippen LogP contribution in [0.4, 0.5) is 0 Å². The Morgan fingerprint density at radius 1 is 1.56 bits per heavy atom. The van der Waals surface area contributed by atoms with Crippen molar-refractivity contribution in [2.75, 3.05) is 0 Å². The molecule has 0 amide bonds. The standard InChI is InChI=1S/C12H17N3S/c1-8-9(2-3-11(8)13)6-10-7-15-4-5-16-12(15)14-10/h4-5,7-9,11H,2-3,6,13H2,1H3. The van der Waals surface area contributed by atoms with Crippen LogP contribution in [0.2, 0.25) is 0 Å². The van der Waals surface area contributed by atoms with Crippen LogP contribution in [-0.4, -0.2) is 15.4 Å². The average Bonchev–Trinajstić information content (AvgIpc) is 2.88. The third-order valence-corrected chi connectivity index (χ3v) is 4.67. The van der Waals surface area contributed by atoms with Crippen molar-refractivity contribution in [2.45, 2.75) is 32.2 Å². The first-order valence-electron chi connectivity index (χ1n) is 5.90. The Balaban J connectivity index is 1.77. The molecule has 0 radical (unpaired) electrons. The van der Waals surface area contributed by atoms with E-state index in [1.807, 2.05) is 0 Å². The Morgan fingerprint density at radius 3 is 3.12 bits per heavy atom. The number of nitrogens with zero attached hydrogens (tertiary/aromatic N) is 2. The lowest BCUT2D eigenvalue weighted by Crippen LogP contribution is -2.25. The molecule has 3 nitrogen and oxygen atoms in total. The lowest BCUT2D eigenvalue weighted by molar-refractivity contribution is 0.388. The van der Waals surface area contributed by atoms with E-state index in [2.05, 4.69) is 34.1 Å². The van der Waals surface area contributed by atoms with Gasteiger partial charge < -0.3 is 5.73 Å². The van der Waals surface area contributed by atoms with Crippen LogP contribution in [0.25, 0.3) is 4.96 Å². The van der Waals surface area contributed by atoms with E-state index >= 15 is 0 Å². The van der Waals surface area contributed by atoms with Gasteiger partial charge in [-0.15, -0.1) is 11.3 Å². The summed E-state index contributed by atoms with van der Waals surface area (Å²) in [6, 6.07) is 0.397. The number of hydrogen-bond acceptors (Lipinski definition) is 3. The molecule has 3 rings (SSSR count). The summed E-state index contributed by atoms with van der Waals surface area (Å²) in [7, 11) is 0. The first-order valence-corrected chi connectivity index (χ1v) is 6.78. The number of nitrogens with two attached hydrogens (primary N) is 1. The van der Waals surface area contributed by atoms with Crippen LogP contribution < -0.4 is 5.73 Å². The normalized spacial score (nSPS) is 30.2. The van der Waals surface area contributed by atoms with Crippen LogP contribution in [0.15, 0.2) is 17.8 Å². The summed E-state index contributed by atoms with van der Waals surface area (Å²) >= 11 is 1.69. The van der Waals surface area contributed by atoms with E-state index in [4.69, 9.17) is 5.73 Å². The second-order valence-corrected chi connectivity index (χ2v) is 5.76. The van der Waals surface area contributed by atoms with E-state index < -0.39 is 0 Å². The predicted molar refractivity (Wildman–Crippen MR) is 66.6 cm³/mol. The fourth-order valence-electron chi connectivity index (χ4n) is 2.71. The van der Waals surface area contributed by atoms with Crippen LogP contribution in [0, 0.1) is 11.8 Å². The Kier molecular flexibility index (Phi) is 2.48. The lowest BCUT2D eigenvalue weighted by Gasteiger charge is -2.16. The SMILES string of the molecule is CC1C(N)CCC1Cc1cn2ccsc2n1. The molecule has 16 heavy (non-hydrogen) atoms. The summed E-state index contributed by atoms with van der Waals surface area (Å²) < 4.78 is 2.11. The highest BCUT2D eigenvalue weighted by Crippen LogP contribution is 2.33. The van der Waals surface area contributed by atoms with Gasteiger partial charge in [-0.25, -0.2) is 4.98 Å². The smallest absolute Gasteiger partial charge is 0.193 e. The fourth-order valence-corrected chi connectivity index (χ4v) is 3.43. The Labute approximate surface area is 99.3 Å². The van der Waals surface area contributed by atoms with Gasteiger partial charge in [-0.05, 0) is 31.1 Å². The molecule has 2 aromatic rings. The largest absolute Gasteiger partial charge is 0.327 e. The van der Waals surface area contributed by atoms with Gasteiger partial charge in [-0.1, -0.05) is 6.92 Å². The summed E-state index contributed by atoms with van der Waals surface area (Å²) in [4.78, 5) is 5.74. The summed E-state index contributed by atoms with van der Waals surface area (Å²) in [6.45, 7) is 2.28. The third-order valence-electron chi connectivity index (χ3n) is 3.90. The first kappa shape index (κ1) is 10.3. The minimum Gasteiger partial charge on any atom is -0.327 e. The van der Waals surface area contributed by atoms with Crippen molar-refractivity contribution in [3.05, 3.63) is 23.5 Å². The molecular weight excluding hydrogens is 218 g/mol. The van der Waals surface area contributed by atoms with Crippen molar-refractivity contribution < 1.29 is 0 Å². The fraction of sp³-hybridized carbons (Fsp3) is 0.583. The van der Waals surface area contributed by atoms with E-state index in [9.17, 15) is 0 Å². The molecule has 2 N–H and O–H groups in total. The van der Waals surface area contributed by atoms with Crippen molar-refractivity contribution in [3.8, 4) is 0 Å². The van der Waals surface area contributed by atoms with E-state index in [-0.39, 0.29) is 0 Å². The molecule has 1 aliphatic carbocycles. The van der Waals surface area contributed by atoms with Gasteiger partial charge in [0.2, 0.25) is 0 Å². The molecule has 3 unspecified atom stereocenters. The molecule has 0 aliphatic heterocycles. The highest BCUT2D eigenvalue weighted by atomic mass is 32.1. The van der Waals surface area contributed by atoms with E-state index in [0.717, 1.165) is 17.3 Å². The van der Waals surface area contributed by atoms with Gasteiger partial charge in [0.1, 0.15) is 0 Å². The topological polar surface area (TPSA) is 43.3 Å². The molecule has 0 saturated heterocycles. The summed E-state index contributed by atoms with van der Waals surface area (Å²) in [6.07, 6.45) is 7.74. The van der Waals surface area contributed by atoms with Crippen molar-refractivity contribution in [1.82, 2.24) is 9.38 Å². The molecule has 0 spiro atoms. The Morgan fingerprint density at radius 2 is 2.44 bits per heavy atom. The first-order chi connectivity index (χ1) is 7.74. The molecule has 0 bridgehead atoms. The molecule has 0 aromatic carbocycles. The van der Waals surface area contributed by atoms with Crippen molar-refractivity contribution in [3.63, 3.8) is 0 Å². The molecular formula is C12H17N3S. The zero-order valence-corrected chi connectivity index (χ0v) is 10.3. The summed E-state index contributed by atoms with van der Waals surface area (Å²) in [5.74, 6) is 1.36. The van der Waals surface area contributed by atoms with Crippen LogP contribution in [0.5, 0.6) is 0 Å². The summed E-state index contributed by atoms with van der Waals surface area (Å²) in [5.41, 5.74) is 7.27. The maximum Gasteiger partial charge on any atom is 0.193 e. The average molecular weight is 235 g/mol. The highest BCUT2D eigenvalue weighted by Gasteiger charge is 2.30. The quantitative estimate of drug-likeness (QED) is 0.868. The van der Waals surface area contributed by atoms with Crippen LogP contribution in [-0.2, 0) is 6.42 Å². The predicted octanol–water partition coefficient (Wildman–Crippen LogP) is 2.31. The zero-order chi connectivity index (χ0) is 11.1. The third kappa shape index (κ3) is 1.66. The number of rotatable bonds is 2. The van der Waals surface area contributed by atoms with E-state index in [1.165, 1.54) is 18.5 Å². The number of aromatic nitrogens is 2. The number of hydrogen-bond donors (Lipinski definition) is 1. The molecule has 2 aromatic heterocycles. The van der Waals surface area contributed by atoms with E-state index in [0.29, 0.717) is 12.0 Å². The summed E-state index contributed by atoms with van der Waals surface area (Å²) in [5, 5.41) is 2.07. The van der Waals surface area contributed by atoms with Gasteiger partial charge in [-0.3, -0.25) is 4.40 Å². The second-order valence-electron chi connectivity index (χ2n) is 4.89. The minimum atomic E-state index is 0.397. The van der Waals surface area contributed by atoms with Crippen molar-refractivity contribution in [1.29, 1.82) is 0 Å². The maximum atomic E-state index is 6.05. The minimum absolute atomic E-state index is 0.397. The van der Waals surface area contributed by atoms with Gasteiger partial charge in [-0.2, -0.15) is 0 Å². The molecule has 4 heteroatoms. The maximum absolute atomic E-state index is 6.05. The number of fused-ring (bicyclic) bond motifs is 1. The van der Waals surface area contributed by atoms with Crippen molar-refractivity contribution in [2.24, 2.45) is 17.6 Å². The van der Waals surface area contributed by atoms with Crippen molar-refractivity contribution >= 4 is 16.3 Å². The van der Waals surface area contributed by atoms with E-state index in [1.54, 1.807) is 11.3 Å². The van der Waals surface area contributed by atoms with Gasteiger partial charge in [0.25, 0.3) is 0 Å². The number of thiazole rings is 1. The van der Waals surface area contributed by atoms with Gasteiger partial charge in [0.05, 0.1) is 5.69 Å². The molecule has 1 saturated carbocycles. The van der Waals surface area contributed by atoms with Crippen LogP contribution in [0.1, 0.15) is 25.5 Å². The molecule has 1 fully saturated rings. The Bertz CT molecular complexity index is 459. The molecule has 1 aliphatic rings. The molecule has 86 valence electrons. The Hall–Kier alpha value is -0.870.